The molecule has 0 fully saturated rings. The summed E-state index contributed by atoms with van der Waals surface area (Å²) >= 11 is 0. The molecule has 0 amide bonds. The second kappa shape index (κ2) is 11.7. The zero-order valence-corrected chi connectivity index (χ0v) is 24.0. The van der Waals surface area contributed by atoms with Crippen LogP contribution in [0.2, 0.25) is 0 Å². The van der Waals surface area contributed by atoms with Crippen molar-refractivity contribution in [2.75, 3.05) is 0 Å². The Hall–Kier alpha value is -3.90. The van der Waals surface area contributed by atoms with Gasteiger partial charge in [-0.25, -0.2) is 0 Å². The van der Waals surface area contributed by atoms with E-state index in [0.29, 0.717) is 17.3 Å². The van der Waals surface area contributed by atoms with E-state index >= 15 is 0 Å². The molecule has 0 saturated carbocycles. The number of furan rings is 1. The van der Waals surface area contributed by atoms with E-state index in [9.17, 15) is 14.7 Å². The van der Waals surface area contributed by atoms with Gasteiger partial charge in [0.2, 0.25) is 0 Å². The van der Waals surface area contributed by atoms with Gasteiger partial charge in [0.1, 0.15) is 17.3 Å². The summed E-state index contributed by atoms with van der Waals surface area (Å²) in [5.74, 6) is -3.08. The van der Waals surface area contributed by atoms with Crippen LogP contribution < -0.4 is 9.47 Å². The van der Waals surface area contributed by atoms with Crippen molar-refractivity contribution < 1.29 is 28.6 Å². The maximum Gasteiger partial charge on any atom is 0.326 e. The normalized spacial score (nSPS) is 18.5. The van der Waals surface area contributed by atoms with E-state index in [-0.39, 0.29) is 10.8 Å². The minimum atomic E-state index is -1.37. The molecule has 6 heteroatoms. The summed E-state index contributed by atoms with van der Waals surface area (Å²) in [6, 6.07) is 20.8. The number of carbonyl (C=O) groups is 2. The van der Waals surface area contributed by atoms with Gasteiger partial charge in [-0.1, -0.05) is 90.1 Å². The molecule has 40 heavy (non-hydrogen) atoms. The third-order valence-corrected chi connectivity index (χ3v) is 7.14. The van der Waals surface area contributed by atoms with E-state index in [0.717, 1.165) is 11.1 Å². The van der Waals surface area contributed by atoms with Crippen LogP contribution in [0.4, 0.5) is 0 Å². The Labute approximate surface area is 236 Å². The smallest absolute Gasteiger partial charge is 0.326 e. The Morgan fingerprint density at radius 2 is 1.18 bits per heavy atom. The lowest BCUT2D eigenvalue weighted by Crippen LogP contribution is -2.40. The largest absolute Gasteiger partial charge is 0.469 e. The monoisotopic (exact) mass is 542 g/mol. The molecule has 210 valence electrons. The first-order valence-corrected chi connectivity index (χ1v) is 13.6. The fraction of sp³-hybridized carbons (Fsp3) is 0.353. The van der Waals surface area contributed by atoms with Crippen molar-refractivity contribution in [3.05, 3.63) is 108 Å². The summed E-state index contributed by atoms with van der Waals surface area (Å²) in [5.41, 5.74) is 0.878. The highest BCUT2D eigenvalue weighted by Crippen LogP contribution is 2.47. The fourth-order valence-corrected chi connectivity index (χ4v) is 5.12. The summed E-state index contributed by atoms with van der Waals surface area (Å²) in [5, 5.41) is 11.4. The molecule has 1 aliphatic carbocycles. The summed E-state index contributed by atoms with van der Waals surface area (Å²) < 4.78 is 17.3. The number of para-hydroxylation sites is 2. The molecule has 1 heterocycles. The number of esters is 2. The van der Waals surface area contributed by atoms with E-state index in [1.54, 1.807) is 60.7 Å². The molecular formula is C34H38O6. The molecule has 0 aliphatic heterocycles. The second-order valence-electron chi connectivity index (χ2n) is 12.2. The van der Waals surface area contributed by atoms with Crippen LogP contribution in [0.1, 0.15) is 53.2 Å². The molecule has 2 aromatic carbocycles. The first-order chi connectivity index (χ1) is 18.9. The summed E-state index contributed by atoms with van der Waals surface area (Å²) in [7, 11) is 0. The van der Waals surface area contributed by atoms with Crippen LogP contribution in [0.3, 0.4) is 0 Å². The lowest BCUT2D eigenvalue weighted by Gasteiger charge is -2.40. The highest BCUT2D eigenvalue weighted by Gasteiger charge is 2.46. The van der Waals surface area contributed by atoms with Gasteiger partial charge in [-0.2, -0.15) is 0 Å². The quantitative estimate of drug-likeness (QED) is 0.148. The van der Waals surface area contributed by atoms with Crippen LogP contribution in [0.5, 0.6) is 11.5 Å². The maximum absolute atomic E-state index is 13.9. The van der Waals surface area contributed by atoms with Crippen molar-refractivity contribution in [1.29, 1.82) is 0 Å². The van der Waals surface area contributed by atoms with Crippen molar-refractivity contribution >= 4 is 11.9 Å². The number of benzene rings is 2. The average molecular weight is 543 g/mol. The molecule has 0 saturated heterocycles. The van der Waals surface area contributed by atoms with Gasteiger partial charge < -0.3 is 19.0 Å². The van der Waals surface area contributed by atoms with Gasteiger partial charge >= 0.3 is 11.9 Å². The molecule has 1 aromatic heterocycles. The Balaban J connectivity index is 1.87. The zero-order chi connectivity index (χ0) is 29.1. The average Bonchev–Trinajstić information content (AvgIpc) is 3.41. The second-order valence-corrected chi connectivity index (χ2v) is 12.2. The molecular weight excluding hydrogens is 504 g/mol. The number of ether oxygens (including phenoxy) is 2. The van der Waals surface area contributed by atoms with E-state index in [2.05, 4.69) is 0 Å². The highest BCUT2D eigenvalue weighted by molar-refractivity contribution is 5.98. The van der Waals surface area contributed by atoms with E-state index < -0.39 is 35.8 Å². The molecule has 0 spiro atoms. The minimum absolute atomic E-state index is 0.319. The SMILES string of the molecule is CC(C)(C)C1=CC([C@@H](c2ccco2)C(C(=O)Oc2ccccc2)C(=O)Oc2ccccc2)C=C(C(C)(C)C)C1O. The molecule has 1 aliphatic rings. The van der Waals surface area contributed by atoms with Gasteiger partial charge in [0.15, 0.2) is 5.92 Å². The van der Waals surface area contributed by atoms with Crippen molar-refractivity contribution in [2.24, 2.45) is 22.7 Å². The van der Waals surface area contributed by atoms with Crippen LogP contribution in [-0.2, 0) is 9.59 Å². The van der Waals surface area contributed by atoms with E-state index in [4.69, 9.17) is 13.9 Å². The Morgan fingerprint density at radius 1 is 0.725 bits per heavy atom. The first-order valence-electron chi connectivity index (χ1n) is 13.6. The van der Waals surface area contributed by atoms with Crippen LogP contribution in [0.15, 0.2) is 107 Å². The molecule has 0 radical (unpaired) electrons. The molecule has 1 atom stereocenters. The molecule has 0 unspecified atom stereocenters. The van der Waals surface area contributed by atoms with Gasteiger partial charge in [-0.15, -0.1) is 0 Å². The number of hydrogen-bond donors (Lipinski definition) is 1. The third kappa shape index (κ3) is 6.62. The van der Waals surface area contributed by atoms with Gasteiger partial charge in [0.05, 0.1) is 18.3 Å². The summed E-state index contributed by atoms with van der Waals surface area (Å²) in [6.07, 6.45) is 4.65. The Morgan fingerprint density at radius 3 is 1.55 bits per heavy atom. The molecule has 1 N–H and O–H groups in total. The van der Waals surface area contributed by atoms with Crippen LogP contribution in [0, 0.1) is 22.7 Å². The first kappa shape index (κ1) is 29.1. The number of rotatable bonds is 7. The van der Waals surface area contributed by atoms with Gasteiger partial charge in [0, 0.05) is 5.92 Å². The summed E-state index contributed by atoms with van der Waals surface area (Å²) in [6.45, 7) is 12.2. The van der Waals surface area contributed by atoms with Crippen molar-refractivity contribution in [3.63, 3.8) is 0 Å². The highest BCUT2D eigenvalue weighted by atomic mass is 16.6. The van der Waals surface area contributed by atoms with Crippen LogP contribution in [0.25, 0.3) is 0 Å². The van der Waals surface area contributed by atoms with Gasteiger partial charge in [-0.3, -0.25) is 9.59 Å². The number of hydrogen-bond acceptors (Lipinski definition) is 6. The fourth-order valence-electron chi connectivity index (χ4n) is 5.12. The van der Waals surface area contributed by atoms with Crippen LogP contribution in [-0.4, -0.2) is 23.1 Å². The van der Waals surface area contributed by atoms with Crippen LogP contribution >= 0.6 is 0 Å². The molecule has 6 nitrogen and oxygen atoms in total. The molecule has 3 aromatic rings. The topological polar surface area (TPSA) is 86.0 Å². The lowest BCUT2D eigenvalue weighted by molar-refractivity contribution is -0.153. The van der Waals surface area contributed by atoms with E-state index in [1.807, 2.05) is 65.8 Å². The number of aliphatic hydroxyl groups is 1. The predicted octanol–water partition coefficient (Wildman–Crippen LogP) is 7.13. The van der Waals surface area contributed by atoms with Gasteiger partial charge in [-0.05, 0) is 58.4 Å². The number of aliphatic hydroxyl groups excluding tert-OH is 1. The minimum Gasteiger partial charge on any atom is -0.469 e. The Bertz CT molecular complexity index is 1270. The lowest BCUT2D eigenvalue weighted by atomic mass is 9.66. The molecule has 0 bridgehead atoms. The summed E-state index contributed by atoms with van der Waals surface area (Å²) in [4.78, 5) is 27.8. The number of allylic oxidation sites excluding steroid dienone is 2. The predicted molar refractivity (Wildman–Crippen MR) is 154 cm³/mol. The van der Waals surface area contributed by atoms with Crippen molar-refractivity contribution in [3.8, 4) is 11.5 Å². The van der Waals surface area contributed by atoms with Crippen molar-refractivity contribution in [2.45, 2.75) is 53.6 Å². The number of carbonyl (C=O) groups excluding carboxylic acids is 2. The molecule has 4 rings (SSSR count). The van der Waals surface area contributed by atoms with Crippen molar-refractivity contribution in [1.82, 2.24) is 0 Å². The zero-order valence-electron chi connectivity index (χ0n) is 24.0. The van der Waals surface area contributed by atoms with E-state index in [1.165, 1.54) is 6.26 Å². The third-order valence-electron chi connectivity index (χ3n) is 7.14. The standard InChI is InChI=1S/C34H38O6/c1-33(2,3)25-20-22(21-26(30(25)35)34(4,5)6)28(27-18-13-19-38-27)29(31(36)39-23-14-9-7-10-15-23)32(37)40-24-16-11-8-12-17-24/h7-22,28-30,35H,1-6H3/t22?,28-,30?/m0/s1. The van der Waals surface area contributed by atoms with Gasteiger partial charge in [0.25, 0.3) is 0 Å². The Kier molecular flexibility index (Phi) is 8.50. The maximum atomic E-state index is 13.9.